The van der Waals surface area contributed by atoms with Gasteiger partial charge in [0.05, 0.1) is 18.0 Å². The molecule has 0 atom stereocenters. The Hall–Kier alpha value is -2.16. The molecule has 0 heterocycles. The van der Waals surface area contributed by atoms with E-state index in [1.165, 1.54) is 11.1 Å². The summed E-state index contributed by atoms with van der Waals surface area (Å²) in [5, 5.41) is 0. The van der Waals surface area contributed by atoms with E-state index in [0.717, 1.165) is 30.2 Å². The summed E-state index contributed by atoms with van der Waals surface area (Å²) in [4.78, 5) is 2.28. The Morgan fingerprint density at radius 1 is 1.05 bits per heavy atom. The van der Waals surface area contributed by atoms with Crippen LogP contribution in [0.25, 0.3) is 0 Å². The summed E-state index contributed by atoms with van der Waals surface area (Å²) >= 11 is 0. The number of nitrogen functional groups attached to an aromatic ring is 1. The zero-order chi connectivity index (χ0) is 15.2. The second-order valence-electron chi connectivity index (χ2n) is 5.06. The standard InChI is InChI=1S/C18H24N2O/c1-4-20(13-15-10-7-6-9-14(15)3)16-11-8-12-17(18(16)19)21-5-2/h6-12H,4-5,13,19H2,1-3H3. The molecular formula is C18H24N2O. The van der Waals surface area contributed by atoms with Crippen LogP contribution in [0.3, 0.4) is 0 Å². The molecule has 21 heavy (non-hydrogen) atoms. The van der Waals surface area contributed by atoms with Crippen LogP contribution in [-0.4, -0.2) is 13.2 Å². The van der Waals surface area contributed by atoms with Crippen LogP contribution in [0.4, 0.5) is 11.4 Å². The first-order valence-electron chi connectivity index (χ1n) is 7.48. The van der Waals surface area contributed by atoms with Crippen LogP contribution in [0.15, 0.2) is 42.5 Å². The number of anilines is 2. The Kier molecular flexibility index (Phi) is 5.09. The fourth-order valence-corrected chi connectivity index (χ4v) is 2.45. The van der Waals surface area contributed by atoms with Gasteiger partial charge in [0.2, 0.25) is 0 Å². The minimum atomic E-state index is 0.623. The molecule has 2 aromatic carbocycles. The van der Waals surface area contributed by atoms with Gasteiger partial charge >= 0.3 is 0 Å². The number of hydrogen-bond donors (Lipinski definition) is 1. The second kappa shape index (κ2) is 7.02. The third-order valence-electron chi connectivity index (χ3n) is 3.69. The Labute approximate surface area is 127 Å². The highest BCUT2D eigenvalue weighted by atomic mass is 16.5. The molecule has 2 rings (SSSR count). The summed E-state index contributed by atoms with van der Waals surface area (Å²) < 4.78 is 5.59. The van der Waals surface area contributed by atoms with Crippen LogP contribution >= 0.6 is 0 Å². The summed E-state index contributed by atoms with van der Waals surface area (Å²) in [7, 11) is 0. The van der Waals surface area contributed by atoms with Crippen LogP contribution in [0.2, 0.25) is 0 Å². The summed E-state index contributed by atoms with van der Waals surface area (Å²) in [6.07, 6.45) is 0. The first-order valence-corrected chi connectivity index (χ1v) is 7.48. The molecule has 0 amide bonds. The molecule has 0 saturated carbocycles. The lowest BCUT2D eigenvalue weighted by atomic mass is 10.1. The van der Waals surface area contributed by atoms with E-state index >= 15 is 0 Å². The van der Waals surface area contributed by atoms with Gasteiger partial charge in [-0.3, -0.25) is 0 Å². The lowest BCUT2D eigenvalue weighted by molar-refractivity contribution is 0.342. The molecule has 0 bridgehead atoms. The van der Waals surface area contributed by atoms with Gasteiger partial charge in [-0.05, 0) is 44.0 Å². The van der Waals surface area contributed by atoms with Crippen LogP contribution in [0, 0.1) is 6.92 Å². The van der Waals surface area contributed by atoms with Crippen molar-refractivity contribution in [3.8, 4) is 5.75 Å². The molecule has 3 heteroatoms. The molecule has 0 radical (unpaired) electrons. The van der Waals surface area contributed by atoms with Gasteiger partial charge in [-0.15, -0.1) is 0 Å². The van der Waals surface area contributed by atoms with Gasteiger partial charge in [-0.1, -0.05) is 30.3 Å². The zero-order valence-electron chi connectivity index (χ0n) is 13.1. The highest BCUT2D eigenvalue weighted by Crippen LogP contribution is 2.33. The maximum atomic E-state index is 6.27. The van der Waals surface area contributed by atoms with Crippen LogP contribution in [0.5, 0.6) is 5.75 Å². The molecule has 2 aromatic rings. The van der Waals surface area contributed by atoms with Gasteiger partial charge in [0, 0.05) is 13.1 Å². The van der Waals surface area contributed by atoms with E-state index in [-0.39, 0.29) is 0 Å². The number of para-hydroxylation sites is 1. The number of nitrogens with zero attached hydrogens (tertiary/aromatic N) is 1. The third kappa shape index (κ3) is 3.48. The molecule has 0 aliphatic heterocycles. The van der Waals surface area contributed by atoms with Crippen molar-refractivity contribution in [2.24, 2.45) is 0 Å². The first-order chi connectivity index (χ1) is 10.2. The van der Waals surface area contributed by atoms with E-state index in [4.69, 9.17) is 10.5 Å². The number of ether oxygens (including phenoxy) is 1. The number of benzene rings is 2. The van der Waals surface area contributed by atoms with E-state index < -0.39 is 0 Å². The molecule has 0 unspecified atom stereocenters. The number of hydrogen-bond acceptors (Lipinski definition) is 3. The van der Waals surface area contributed by atoms with E-state index in [1.54, 1.807) is 0 Å². The van der Waals surface area contributed by atoms with Gasteiger partial charge in [0.1, 0.15) is 5.75 Å². The maximum Gasteiger partial charge on any atom is 0.144 e. The van der Waals surface area contributed by atoms with Gasteiger partial charge in [0.25, 0.3) is 0 Å². The Morgan fingerprint density at radius 2 is 1.81 bits per heavy atom. The van der Waals surface area contributed by atoms with Crippen molar-refractivity contribution in [1.82, 2.24) is 0 Å². The van der Waals surface area contributed by atoms with Gasteiger partial charge < -0.3 is 15.4 Å². The zero-order valence-corrected chi connectivity index (χ0v) is 13.1. The molecule has 0 spiro atoms. The van der Waals surface area contributed by atoms with Crippen molar-refractivity contribution in [1.29, 1.82) is 0 Å². The van der Waals surface area contributed by atoms with Crippen molar-refractivity contribution in [2.75, 3.05) is 23.8 Å². The Balaban J connectivity index is 2.30. The number of aryl methyl sites for hydroxylation is 1. The fourth-order valence-electron chi connectivity index (χ4n) is 2.45. The van der Waals surface area contributed by atoms with Crippen LogP contribution < -0.4 is 15.4 Å². The van der Waals surface area contributed by atoms with E-state index in [0.29, 0.717) is 6.61 Å². The summed E-state index contributed by atoms with van der Waals surface area (Å²) in [5.41, 5.74) is 10.6. The number of nitrogens with two attached hydrogens (primary N) is 1. The Bertz CT molecular complexity index is 596. The van der Waals surface area contributed by atoms with Gasteiger partial charge in [-0.2, -0.15) is 0 Å². The summed E-state index contributed by atoms with van der Waals surface area (Å²) in [6, 6.07) is 14.4. The van der Waals surface area contributed by atoms with Crippen molar-refractivity contribution in [3.63, 3.8) is 0 Å². The first kappa shape index (κ1) is 15.2. The predicted octanol–water partition coefficient (Wildman–Crippen LogP) is 4.00. The minimum absolute atomic E-state index is 0.623. The molecule has 0 aromatic heterocycles. The van der Waals surface area contributed by atoms with Crippen molar-refractivity contribution in [2.45, 2.75) is 27.3 Å². The van der Waals surface area contributed by atoms with Crippen molar-refractivity contribution >= 4 is 11.4 Å². The highest BCUT2D eigenvalue weighted by Gasteiger charge is 2.13. The van der Waals surface area contributed by atoms with E-state index in [9.17, 15) is 0 Å². The van der Waals surface area contributed by atoms with Gasteiger partial charge in [0.15, 0.2) is 0 Å². The van der Waals surface area contributed by atoms with Crippen LogP contribution in [0.1, 0.15) is 25.0 Å². The van der Waals surface area contributed by atoms with Crippen molar-refractivity contribution in [3.05, 3.63) is 53.6 Å². The van der Waals surface area contributed by atoms with E-state index in [1.807, 2.05) is 19.1 Å². The number of rotatable bonds is 6. The average molecular weight is 284 g/mol. The predicted molar refractivity (Wildman–Crippen MR) is 89.9 cm³/mol. The SMILES string of the molecule is CCOc1cccc(N(CC)Cc2ccccc2C)c1N. The topological polar surface area (TPSA) is 38.5 Å². The molecular weight excluding hydrogens is 260 g/mol. The Morgan fingerprint density at radius 3 is 2.48 bits per heavy atom. The monoisotopic (exact) mass is 284 g/mol. The van der Waals surface area contributed by atoms with Crippen molar-refractivity contribution < 1.29 is 4.74 Å². The molecule has 0 saturated heterocycles. The third-order valence-corrected chi connectivity index (χ3v) is 3.69. The molecule has 0 aliphatic carbocycles. The summed E-state index contributed by atoms with van der Waals surface area (Å²) in [5.74, 6) is 0.762. The molecule has 0 aliphatic rings. The second-order valence-corrected chi connectivity index (χ2v) is 5.06. The molecule has 2 N–H and O–H groups in total. The molecule has 0 fully saturated rings. The smallest absolute Gasteiger partial charge is 0.144 e. The molecule has 3 nitrogen and oxygen atoms in total. The van der Waals surface area contributed by atoms with Gasteiger partial charge in [-0.25, -0.2) is 0 Å². The average Bonchev–Trinajstić information content (AvgIpc) is 2.49. The largest absolute Gasteiger partial charge is 0.492 e. The molecule has 112 valence electrons. The van der Waals surface area contributed by atoms with Crippen LogP contribution in [-0.2, 0) is 6.54 Å². The van der Waals surface area contributed by atoms with E-state index in [2.05, 4.69) is 49.1 Å². The summed E-state index contributed by atoms with van der Waals surface area (Å²) in [6.45, 7) is 8.62. The normalized spacial score (nSPS) is 10.4. The lowest BCUT2D eigenvalue weighted by Gasteiger charge is -2.26. The lowest BCUT2D eigenvalue weighted by Crippen LogP contribution is -2.23. The maximum absolute atomic E-state index is 6.27. The fraction of sp³-hybridized carbons (Fsp3) is 0.333. The highest BCUT2D eigenvalue weighted by molar-refractivity contribution is 5.74. The quantitative estimate of drug-likeness (QED) is 0.815. The minimum Gasteiger partial charge on any atom is -0.492 e.